The summed E-state index contributed by atoms with van der Waals surface area (Å²) in [5.41, 5.74) is 0. The van der Waals surface area contributed by atoms with Crippen LogP contribution in [0, 0.1) is 0 Å². The summed E-state index contributed by atoms with van der Waals surface area (Å²) in [4.78, 5) is 10.7. The fourth-order valence-corrected chi connectivity index (χ4v) is 3.26. The largest absolute Gasteiger partial charge is 0.300 e. The molecule has 0 heterocycles. The summed E-state index contributed by atoms with van der Waals surface area (Å²) in [6, 6.07) is 4.22. The summed E-state index contributed by atoms with van der Waals surface area (Å²) >= 11 is 11.5. The first kappa shape index (κ1) is 13.5. The molecule has 0 spiro atoms. The van der Waals surface area contributed by atoms with Gasteiger partial charge in [0.25, 0.3) is 0 Å². The molecule has 0 saturated heterocycles. The maximum absolute atomic E-state index is 11.8. The van der Waals surface area contributed by atoms with Gasteiger partial charge in [-0.05, 0) is 25.1 Å². The lowest BCUT2D eigenvalue weighted by atomic mass is 10.3. The predicted molar refractivity (Wildman–Crippen MR) is 63.8 cm³/mol. The molecule has 0 aromatic heterocycles. The van der Waals surface area contributed by atoms with E-state index in [0.29, 0.717) is 5.02 Å². The molecule has 0 unspecified atom stereocenters. The Bertz CT molecular complexity index is 509. The Kier molecular flexibility index (Phi) is 4.35. The molecule has 1 aromatic carbocycles. The zero-order valence-electron chi connectivity index (χ0n) is 8.54. The van der Waals surface area contributed by atoms with Crippen molar-refractivity contribution in [2.24, 2.45) is 0 Å². The van der Waals surface area contributed by atoms with Crippen LogP contribution < -0.4 is 0 Å². The van der Waals surface area contributed by atoms with Crippen LogP contribution in [0.25, 0.3) is 0 Å². The molecule has 0 aliphatic rings. The first-order valence-electron chi connectivity index (χ1n) is 4.50. The fourth-order valence-electron chi connectivity index (χ4n) is 1.10. The maximum atomic E-state index is 11.8. The third-order valence-corrected chi connectivity index (χ3v) is 4.38. The highest BCUT2D eigenvalue weighted by molar-refractivity contribution is 7.91. The van der Waals surface area contributed by atoms with Gasteiger partial charge in [-0.1, -0.05) is 23.2 Å². The molecule has 1 aromatic rings. The number of halogens is 2. The van der Waals surface area contributed by atoms with Gasteiger partial charge in [-0.25, -0.2) is 8.42 Å². The van der Waals surface area contributed by atoms with Gasteiger partial charge in [0.1, 0.15) is 5.78 Å². The van der Waals surface area contributed by atoms with Crippen molar-refractivity contribution >= 4 is 38.8 Å². The van der Waals surface area contributed by atoms with Gasteiger partial charge in [0.05, 0.1) is 15.7 Å². The van der Waals surface area contributed by atoms with Gasteiger partial charge in [0.2, 0.25) is 0 Å². The van der Waals surface area contributed by atoms with Crippen LogP contribution in [0.15, 0.2) is 23.1 Å². The van der Waals surface area contributed by atoms with E-state index in [2.05, 4.69) is 0 Å². The van der Waals surface area contributed by atoms with Gasteiger partial charge in [0, 0.05) is 11.4 Å². The van der Waals surface area contributed by atoms with E-state index in [9.17, 15) is 13.2 Å². The molecule has 0 aliphatic carbocycles. The minimum absolute atomic E-state index is 0.0226. The molecule has 0 radical (unpaired) electrons. The number of hydrogen-bond acceptors (Lipinski definition) is 3. The van der Waals surface area contributed by atoms with Gasteiger partial charge in [-0.15, -0.1) is 0 Å². The maximum Gasteiger partial charge on any atom is 0.180 e. The molecule has 6 heteroatoms. The van der Waals surface area contributed by atoms with E-state index >= 15 is 0 Å². The van der Waals surface area contributed by atoms with Gasteiger partial charge in [-0.2, -0.15) is 0 Å². The molecule has 0 aliphatic heterocycles. The van der Waals surface area contributed by atoms with Gasteiger partial charge < -0.3 is 0 Å². The van der Waals surface area contributed by atoms with Crippen molar-refractivity contribution in [3.05, 3.63) is 28.2 Å². The lowest BCUT2D eigenvalue weighted by Crippen LogP contribution is -2.10. The van der Waals surface area contributed by atoms with Crippen molar-refractivity contribution in [2.75, 3.05) is 5.75 Å². The van der Waals surface area contributed by atoms with E-state index in [1.54, 1.807) is 0 Å². The Morgan fingerprint density at radius 2 is 1.94 bits per heavy atom. The number of benzene rings is 1. The molecule has 0 saturated carbocycles. The molecule has 1 rings (SSSR count). The Balaban J connectivity index is 3.07. The first-order valence-corrected chi connectivity index (χ1v) is 6.91. The molecule has 3 nitrogen and oxygen atoms in total. The SMILES string of the molecule is CC(=O)CCS(=O)(=O)c1cc(Cl)ccc1Cl. The molecule has 88 valence electrons. The molecular weight excluding hydrogens is 271 g/mol. The van der Waals surface area contributed by atoms with Crippen molar-refractivity contribution in [1.82, 2.24) is 0 Å². The van der Waals surface area contributed by atoms with Crippen molar-refractivity contribution in [2.45, 2.75) is 18.2 Å². The quantitative estimate of drug-likeness (QED) is 0.852. The molecule has 0 fully saturated rings. The van der Waals surface area contributed by atoms with Crippen LogP contribution in [0.2, 0.25) is 10.0 Å². The number of hydrogen-bond donors (Lipinski definition) is 0. The monoisotopic (exact) mass is 280 g/mol. The Labute approximate surface area is 104 Å². The van der Waals surface area contributed by atoms with E-state index in [-0.39, 0.29) is 27.9 Å². The van der Waals surface area contributed by atoms with Crippen LogP contribution >= 0.6 is 23.2 Å². The zero-order valence-corrected chi connectivity index (χ0v) is 10.9. The summed E-state index contributed by atoms with van der Waals surface area (Å²) in [6.45, 7) is 1.34. The standard InChI is InChI=1S/C10H10Cl2O3S/c1-7(13)4-5-16(14,15)10-6-8(11)2-3-9(10)12/h2-3,6H,4-5H2,1H3. The van der Waals surface area contributed by atoms with E-state index in [1.165, 1.54) is 25.1 Å². The van der Waals surface area contributed by atoms with E-state index in [4.69, 9.17) is 23.2 Å². The Morgan fingerprint density at radius 3 is 2.50 bits per heavy atom. The van der Waals surface area contributed by atoms with Crippen molar-refractivity contribution in [1.29, 1.82) is 0 Å². The van der Waals surface area contributed by atoms with Gasteiger partial charge >= 0.3 is 0 Å². The lowest BCUT2D eigenvalue weighted by Gasteiger charge is -2.05. The number of sulfone groups is 1. The number of carbonyl (C=O) groups is 1. The Morgan fingerprint density at radius 1 is 1.31 bits per heavy atom. The molecule has 0 bridgehead atoms. The van der Waals surface area contributed by atoms with Crippen LogP contribution in [0.5, 0.6) is 0 Å². The van der Waals surface area contributed by atoms with E-state index < -0.39 is 9.84 Å². The fraction of sp³-hybridized carbons (Fsp3) is 0.300. The van der Waals surface area contributed by atoms with Crippen LogP contribution in [0.4, 0.5) is 0 Å². The topological polar surface area (TPSA) is 51.2 Å². The van der Waals surface area contributed by atoms with E-state index in [1.807, 2.05) is 0 Å². The van der Waals surface area contributed by atoms with Crippen LogP contribution in [-0.2, 0) is 14.6 Å². The van der Waals surface area contributed by atoms with Crippen LogP contribution in [-0.4, -0.2) is 20.0 Å². The lowest BCUT2D eigenvalue weighted by molar-refractivity contribution is -0.116. The summed E-state index contributed by atoms with van der Waals surface area (Å²) in [5.74, 6) is -0.427. The number of rotatable bonds is 4. The third kappa shape index (κ3) is 3.47. The second-order valence-electron chi connectivity index (χ2n) is 3.35. The highest BCUT2D eigenvalue weighted by Gasteiger charge is 2.18. The second kappa shape index (κ2) is 5.17. The smallest absolute Gasteiger partial charge is 0.180 e. The minimum atomic E-state index is -3.55. The average Bonchev–Trinajstić information content (AvgIpc) is 2.19. The summed E-state index contributed by atoms with van der Waals surface area (Å²) < 4.78 is 23.6. The summed E-state index contributed by atoms with van der Waals surface area (Å²) in [7, 11) is -3.55. The number of ketones is 1. The average molecular weight is 281 g/mol. The minimum Gasteiger partial charge on any atom is -0.300 e. The highest BCUT2D eigenvalue weighted by atomic mass is 35.5. The second-order valence-corrected chi connectivity index (χ2v) is 6.27. The first-order chi connectivity index (χ1) is 7.33. The molecule has 0 atom stereocenters. The normalized spacial score (nSPS) is 11.4. The summed E-state index contributed by atoms with van der Waals surface area (Å²) in [6.07, 6.45) is -0.0226. The third-order valence-electron chi connectivity index (χ3n) is 1.95. The van der Waals surface area contributed by atoms with Crippen molar-refractivity contribution in [3.8, 4) is 0 Å². The number of Topliss-reactive ketones (excluding diaryl/α,β-unsaturated/α-hetero) is 1. The molecule has 16 heavy (non-hydrogen) atoms. The molecular formula is C10H10Cl2O3S. The van der Waals surface area contributed by atoms with Gasteiger partial charge in [-0.3, -0.25) is 4.79 Å². The van der Waals surface area contributed by atoms with Crippen molar-refractivity contribution in [3.63, 3.8) is 0 Å². The Hall–Kier alpha value is -0.580. The molecule has 0 N–H and O–H groups in total. The van der Waals surface area contributed by atoms with Crippen LogP contribution in [0.3, 0.4) is 0 Å². The predicted octanol–water partition coefficient (Wildman–Crippen LogP) is 2.75. The van der Waals surface area contributed by atoms with Crippen molar-refractivity contribution < 1.29 is 13.2 Å². The van der Waals surface area contributed by atoms with E-state index in [0.717, 1.165) is 0 Å². The summed E-state index contributed by atoms with van der Waals surface area (Å²) in [5, 5.41) is 0.416. The highest BCUT2D eigenvalue weighted by Crippen LogP contribution is 2.26. The molecule has 0 amide bonds. The van der Waals surface area contributed by atoms with Gasteiger partial charge in [0.15, 0.2) is 9.84 Å². The van der Waals surface area contributed by atoms with Crippen LogP contribution in [0.1, 0.15) is 13.3 Å². The number of carbonyl (C=O) groups excluding carboxylic acids is 1. The zero-order chi connectivity index (χ0) is 12.3.